The van der Waals surface area contributed by atoms with Gasteiger partial charge in [0.15, 0.2) is 0 Å². The van der Waals surface area contributed by atoms with E-state index in [0.29, 0.717) is 12.5 Å². The summed E-state index contributed by atoms with van der Waals surface area (Å²) >= 11 is 0. The van der Waals surface area contributed by atoms with E-state index in [1.807, 2.05) is 14.0 Å². The first-order chi connectivity index (χ1) is 7.63. The van der Waals surface area contributed by atoms with Gasteiger partial charge in [-0.3, -0.25) is 0 Å². The standard InChI is InChI=1S/C13H23NO2/c1-10(2)5-6-15-9-13-7-12(8-14-4)11(3)16-13/h7,10,14H,5-6,8-9H2,1-4H3. The van der Waals surface area contributed by atoms with Crippen LogP contribution in [0.25, 0.3) is 0 Å². The Balaban J connectivity index is 2.34. The zero-order valence-corrected chi connectivity index (χ0v) is 10.8. The molecule has 0 unspecified atom stereocenters. The molecule has 0 atom stereocenters. The number of aryl methyl sites for hydroxylation is 1. The van der Waals surface area contributed by atoms with Crippen LogP contribution in [0.5, 0.6) is 0 Å². The van der Waals surface area contributed by atoms with Crippen LogP contribution in [-0.4, -0.2) is 13.7 Å². The van der Waals surface area contributed by atoms with E-state index in [2.05, 4.69) is 25.2 Å². The molecule has 0 aromatic carbocycles. The molecule has 1 aromatic heterocycles. The van der Waals surface area contributed by atoms with Crippen molar-refractivity contribution in [2.24, 2.45) is 5.92 Å². The van der Waals surface area contributed by atoms with Crippen molar-refractivity contribution in [1.29, 1.82) is 0 Å². The maximum absolute atomic E-state index is 5.61. The second-order valence-corrected chi connectivity index (χ2v) is 4.56. The van der Waals surface area contributed by atoms with Gasteiger partial charge in [-0.15, -0.1) is 0 Å². The minimum atomic E-state index is 0.581. The zero-order chi connectivity index (χ0) is 12.0. The fraction of sp³-hybridized carbons (Fsp3) is 0.692. The van der Waals surface area contributed by atoms with Gasteiger partial charge in [0.1, 0.15) is 18.1 Å². The molecule has 92 valence electrons. The fourth-order valence-electron chi connectivity index (χ4n) is 1.52. The highest BCUT2D eigenvalue weighted by molar-refractivity contribution is 5.20. The highest BCUT2D eigenvalue weighted by atomic mass is 16.5. The SMILES string of the molecule is CNCc1cc(COCCC(C)C)oc1C. The topological polar surface area (TPSA) is 34.4 Å². The molecule has 16 heavy (non-hydrogen) atoms. The molecule has 0 saturated carbocycles. The normalized spacial score (nSPS) is 11.3. The summed E-state index contributed by atoms with van der Waals surface area (Å²) in [6, 6.07) is 2.07. The molecular weight excluding hydrogens is 202 g/mol. The molecule has 0 aliphatic heterocycles. The summed E-state index contributed by atoms with van der Waals surface area (Å²) in [5.41, 5.74) is 1.21. The molecule has 1 N–H and O–H groups in total. The molecule has 0 bridgehead atoms. The van der Waals surface area contributed by atoms with Gasteiger partial charge < -0.3 is 14.5 Å². The van der Waals surface area contributed by atoms with Gasteiger partial charge in [-0.2, -0.15) is 0 Å². The molecule has 1 rings (SSSR count). The number of hydrogen-bond acceptors (Lipinski definition) is 3. The molecule has 1 aromatic rings. The summed E-state index contributed by atoms with van der Waals surface area (Å²) in [7, 11) is 1.94. The van der Waals surface area contributed by atoms with Gasteiger partial charge in [0, 0.05) is 18.7 Å². The fourth-order valence-corrected chi connectivity index (χ4v) is 1.52. The van der Waals surface area contributed by atoms with E-state index >= 15 is 0 Å². The lowest BCUT2D eigenvalue weighted by Crippen LogP contribution is -2.04. The summed E-state index contributed by atoms with van der Waals surface area (Å²) in [5.74, 6) is 2.60. The summed E-state index contributed by atoms with van der Waals surface area (Å²) < 4.78 is 11.2. The Labute approximate surface area is 98.2 Å². The van der Waals surface area contributed by atoms with E-state index in [4.69, 9.17) is 9.15 Å². The van der Waals surface area contributed by atoms with E-state index in [1.165, 1.54) is 5.56 Å². The van der Waals surface area contributed by atoms with Gasteiger partial charge in [-0.05, 0) is 32.4 Å². The van der Waals surface area contributed by atoms with Gasteiger partial charge in [-0.25, -0.2) is 0 Å². The molecule has 3 heteroatoms. The van der Waals surface area contributed by atoms with Crippen LogP contribution in [0.2, 0.25) is 0 Å². The van der Waals surface area contributed by atoms with E-state index in [0.717, 1.165) is 31.1 Å². The monoisotopic (exact) mass is 225 g/mol. The Kier molecular flexibility index (Phi) is 5.56. The van der Waals surface area contributed by atoms with Crippen molar-refractivity contribution >= 4 is 0 Å². The molecule has 0 aliphatic carbocycles. The van der Waals surface area contributed by atoms with Gasteiger partial charge in [0.05, 0.1) is 0 Å². The second-order valence-electron chi connectivity index (χ2n) is 4.56. The van der Waals surface area contributed by atoms with E-state index in [-0.39, 0.29) is 0 Å². The van der Waals surface area contributed by atoms with Crippen LogP contribution in [0.3, 0.4) is 0 Å². The highest BCUT2D eigenvalue weighted by Gasteiger charge is 2.06. The molecule has 0 spiro atoms. The zero-order valence-electron chi connectivity index (χ0n) is 10.8. The molecule has 1 heterocycles. The third-order valence-corrected chi connectivity index (χ3v) is 2.52. The van der Waals surface area contributed by atoms with Crippen LogP contribution >= 0.6 is 0 Å². The Morgan fingerprint density at radius 3 is 2.81 bits per heavy atom. The van der Waals surface area contributed by atoms with Crippen molar-refractivity contribution in [3.63, 3.8) is 0 Å². The number of ether oxygens (including phenoxy) is 1. The van der Waals surface area contributed by atoms with E-state index in [1.54, 1.807) is 0 Å². The Morgan fingerprint density at radius 2 is 2.19 bits per heavy atom. The number of rotatable bonds is 7. The van der Waals surface area contributed by atoms with Crippen molar-refractivity contribution in [1.82, 2.24) is 5.32 Å². The van der Waals surface area contributed by atoms with Crippen molar-refractivity contribution in [3.05, 3.63) is 23.2 Å². The van der Waals surface area contributed by atoms with Gasteiger partial charge in [0.2, 0.25) is 0 Å². The maximum atomic E-state index is 5.61. The molecule has 0 fully saturated rings. The van der Waals surface area contributed by atoms with Crippen LogP contribution in [-0.2, 0) is 17.9 Å². The molecule has 0 radical (unpaired) electrons. The van der Waals surface area contributed by atoms with Crippen molar-refractivity contribution in [2.75, 3.05) is 13.7 Å². The molecule has 3 nitrogen and oxygen atoms in total. The smallest absolute Gasteiger partial charge is 0.130 e. The predicted octanol–water partition coefficient (Wildman–Crippen LogP) is 2.87. The van der Waals surface area contributed by atoms with Crippen molar-refractivity contribution in [2.45, 2.75) is 40.3 Å². The second kappa shape index (κ2) is 6.71. The summed E-state index contributed by atoms with van der Waals surface area (Å²) in [4.78, 5) is 0. The first-order valence-corrected chi connectivity index (χ1v) is 5.94. The summed E-state index contributed by atoms with van der Waals surface area (Å²) in [6.07, 6.45) is 1.10. The molecule has 0 amide bonds. The van der Waals surface area contributed by atoms with Gasteiger partial charge in [-0.1, -0.05) is 13.8 Å². The first-order valence-electron chi connectivity index (χ1n) is 5.94. The van der Waals surface area contributed by atoms with Gasteiger partial charge in [0.25, 0.3) is 0 Å². The van der Waals surface area contributed by atoms with Crippen molar-refractivity contribution in [3.8, 4) is 0 Å². The van der Waals surface area contributed by atoms with Crippen LogP contribution in [0.15, 0.2) is 10.5 Å². The number of hydrogen-bond donors (Lipinski definition) is 1. The Hall–Kier alpha value is -0.800. The lowest BCUT2D eigenvalue weighted by molar-refractivity contribution is 0.0964. The third kappa shape index (κ3) is 4.37. The maximum Gasteiger partial charge on any atom is 0.130 e. The van der Waals surface area contributed by atoms with Crippen molar-refractivity contribution < 1.29 is 9.15 Å². The number of nitrogens with one attached hydrogen (secondary N) is 1. The van der Waals surface area contributed by atoms with E-state index in [9.17, 15) is 0 Å². The minimum absolute atomic E-state index is 0.581. The summed E-state index contributed by atoms with van der Waals surface area (Å²) in [5, 5.41) is 3.12. The average Bonchev–Trinajstić information content (AvgIpc) is 2.55. The molecule has 0 aliphatic rings. The lowest BCUT2D eigenvalue weighted by atomic mass is 10.1. The Morgan fingerprint density at radius 1 is 1.44 bits per heavy atom. The highest BCUT2D eigenvalue weighted by Crippen LogP contribution is 2.15. The van der Waals surface area contributed by atoms with Crippen LogP contribution < -0.4 is 5.32 Å². The molecule has 0 saturated heterocycles. The number of furan rings is 1. The van der Waals surface area contributed by atoms with E-state index < -0.39 is 0 Å². The van der Waals surface area contributed by atoms with Crippen LogP contribution in [0.4, 0.5) is 0 Å². The van der Waals surface area contributed by atoms with Crippen LogP contribution in [0, 0.1) is 12.8 Å². The third-order valence-electron chi connectivity index (χ3n) is 2.52. The predicted molar refractivity (Wildman–Crippen MR) is 65.3 cm³/mol. The lowest BCUT2D eigenvalue weighted by Gasteiger charge is -2.04. The Bertz CT molecular complexity index is 305. The van der Waals surface area contributed by atoms with Gasteiger partial charge >= 0.3 is 0 Å². The first kappa shape index (κ1) is 13.3. The minimum Gasteiger partial charge on any atom is -0.464 e. The molecular formula is C13H23NO2. The average molecular weight is 225 g/mol. The summed E-state index contributed by atoms with van der Waals surface area (Å²) in [6.45, 7) is 8.62. The van der Waals surface area contributed by atoms with Crippen LogP contribution in [0.1, 0.15) is 37.4 Å². The largest absolute Gasteiger partial charge is 0.464 e. The quantitative estimate of drug-likeness (QED) is 0.725.